The van der Waals surface area contributed by atoms with Gasteiger partial charge in [-0.2, -0.15) is 13.2 Å². The van der Waals surface area contributed by atoms with Crippen LogP contribution in [0.1, 0.15) is 5.56 Å². The van der Waals surface area contributed by atoms with Crippen molar-refractivity contribution in [2.24, 2.45) is 0 Å². The van der Waals surface area contributed by atoms with Crippen molar-refractivity contribution in [3.63, 3.8) is 0 Å². The van der Waals surface area contributed by atoms with Gasteiger partial charge in [-0.05, 0) is 25.5 Å². The molecule has 0 aliphatic rings. The van der Waals surface area contributed by atoms with Crippen LogP contribution in [0.3, 0.4) is 0 Å². The zero-order chi connectivity index (χ0) is 15.7. The van der Waals surface area contributed by atoms with Crippen LogP contribution in [0.2, 0.25) is 0 Å². The second-order valence-corrected chi connectivity index (χ2v) is 7.91. The molecule has 0 spiro atoms. The zero-order valence-electron chi connectivity index (χ0n) is 11.3. The SMILES string of the molecule is CP(C)(=O)c1ccccc1Nc1n[c]ncc1C(F)(F)F. The first-order valence-corrected chi connectivity index (χ1v) is 8.51. The maximum Gasteiger partial charge on any atom is 0.421 e. The van der Waals surface area contributed by atoms with E-state index in [9.17, 15) is 17.7 Å². The van der Waals surface area contributed by atoms with E-state index < -0.39 is 24.7 Å². The zero-order valence-corrected chi connectivity index (χ0v) is 12.2. The minimum Gasteiger partial charge on any atom is -0.339 e. The van der Waals surface area contributed by atoms with E-state index in [0.29, 0.717) is 17.2 Å². The highest BCUT2D eigenvalue weighted by atomic mass is 31.2. The summed E-state index contributed by atoms with van der Waals surface area (Å²) in [4.78, 5) is 6.78. The Balaban J connectivity index is 2.48. The van der Waals surface area contributed by atoms with Crippen molar-refractivity contribution in [2.45, 2.75) is 6.18 Å². The lowest BCUT2D eigenvalue weighted by atomic mass is 10.2. The molecule has 8 heteroatoms. The summed E-state index contributed by atoms with van der Waals surface area (Å²) in [5.74, 6) is -0.418. The van der Waals surface area contributed by atoms with Gasteiger partial charge in [-0.15, -0.1) is 0 Å². The molecule has 111 valence electrons. The molecule has 4 nitrogen and oxygen atoms in total. The van der Waals surface area contributed by atoms with Crippen molar-refractivity contribution in [3.05, 3.63) is 42.4 Å². The van der Waals surface area contributed by atoms with E-state index in [1.807, 2.05) is 0 Å². The molecule has 1 aromatic heterocycles. The number of benzene rings is 1. The molecule has 0 aliphatic carbocycles. The van der Waals surface area contributed by atoms with Gasteiger partial charge in [-0.3, -0.25) is 0 Å². The average molecular weight is 314 g/mol. The first kappa shape index (κ1) is 15.5. The minimum absolute atomic E-state index is 0.323. The standard InChI is InChI=1S/C13H12F3N3OP/c1-21(2,20)11-6-4-3-5-10(11)19-12-9(13(14,15)16)7-17-8-18-12/h3-7H,1-2H3,(H,17,18,19). The van der Waals surface area contributed by atoms with Crippen LogP contribution in [0.4, 0.5) is 24.7 Å². The number of hydrogen-bond acceptors (Lipinski definition) is 4. The Bertz CT molecular complexity index is 697. The second-order valence-electron chi connectivity index (χ2n) is 4.72. The number of halogens is 3. The quantitative estimate of drug-likeness (QED) is 0.883. The first-order chi connectivity index (χ1) is 9.69. The van der Waals surface area contributed by atoms with Crippen LogP contribution in [0.5, 0.6) is 0 Å². The van der Waals surface area contributed by atoms with E-state index >= 15 is 0 Å². The number of nitrogens with zero attached hydrogens (tertiary/aromatic N) is 2. The average Bonchev–Trinajstić information content (AvgIpc) is 2.37. The molecule has 2 rings (SSSR count). The molecule has 0 atom stereocenters. The smallest absolute Gasteiger partial charge is 0.339 e. The van der Waals surface area contributed by atoms with E-state index in [1.54, 1.807) is 37.6 Å². The maximum absolute atomic E-state index is 12.9. The Labute approximate surface area is 119 Å². The predicted octanol–water partition coefficient (Wildman–Crippen LogP) is 3.29. The topological polar surface area (TPSA) is 54.9 Å². The van der Waals surface area contributed by atoms with Gasteiger partial charge in [-0.1, -0.05) is 12.1 Å². The van der Waals surface area contributed by atoms with Gasteiger partial charge in [0.25, 0.3) is 0 Å². The predicted molar refractivity (Wildman–Crippen MR) is 74.7 cm³/mol. The Morgan fingerprint density at radius 3 is 2.52 bits per heavy atom. The molecule has 0 aliphatic heterocycles. The fraction of sp³-hybridized carbons (Fsp3) is 0.231. The summed E-state index contributed by atoms with van der Waals surface area (Å²) in [5.41, 5.74) is -0.679. The van der Waals surface area contributed by atoms with Crippen molar-refractivity contribution in [1.82, 2.24) is 9.97 Å². The number of hydrogen-bond donors (Lipinski definition) is 1. The number of rotatable bonds is 3. The van der Waals surface area contributed by atoms with Crippen molar-refractivity contribution in [1.29, 1.82) is 0 Å². The molecule has 0 saturated heterocycles. The fourth-order valence-corrected chi connectivity index (χ4v) is 2.93. The van der Waals surface area contributed by atoms with Crippen LogP contribution in [0.25, 0.3) is 0 Å². The van der Waals surface area contributed by atoms with Gasteiger partial charge in [0, 0.05) is 11.5 Å². The summed E-state index contributed by atoms with van der Waals surface area (Å²) in [7, 11) is -2.65. The Hall–Kier alpha value is -1.88. The van der Waals surface area contributed by atoms with Crippen LogP contribution in [0, 0.1) is 6.33 Å². The van der Waals surface area contributed by atoms with Crippen molar-refractivity contribution >= 4 is 24.0 Å². The summed E-state index contributed by atoms with van der Waals surface area (Å²) < 4.78 is 50.9. The van der Waals surface area contributed by atoms with E-state index in [4.69, 9.17) is 0 Å². The summed E-state index contributed by atoms with van der Waals surface area (Å²) in [5, 5.41) is 3.03. The molecule has 0 fully saturated rings. The largest absolute Gasteiger partial charge is 0.421 e. The number of anilines is 2. The molecular weight excluding hydrogens is 302 g/mol. The third kappa shape index (κ3) is 3.61. The van der Waals surface area contributed by atoms with Gasteiger partial charge in [-0.25, -0.2) is 9.97 Å². The van der Waals surface area contributed by atoms with Gasteiger partial charge in [0.1, 0.15) is 18.5 Å². The van der Waals surface area contributed by atoms with E-state index in [-0.39, 0.29) is 0 Å². The fourth-order valence-electron chi connectivity index (χ4n) is 1.77. The molecule has 1 aromatic carbocycles. The van der Waals surface area contributed by atoms with Crippen molar-refractivity contribution in [3.8, 4) is 0 Å². The third-order valence-electron chi connectivity index (χ3n) is 2.71. The maximum atomic E-state index is 12.9. The van der Waals surface area contributed by atoms with Crippen LogP contribution in [-0.2, 0) is 10.7 Å². The number of para-hydroxylation sites is 1. The number of aromatic nitrogens is 2. The lowest BCUT2D eigenvalue weighted by molar-refractivity contribution is -0.137. The van der Waals surface area contributed by atoms with Crippen LogP contribution in [0.15, 0.2) is 30.5 Å². The molecular formula is C13H12F3N3OP. The molecule has 1 N–H and O–H groups in total. The second kappa shape index (κ2) is 5.48. The molecule has 1 radical (unpaired) electrons. The van der Waals surface area contributed by atoms with Crippen LogP contribution >= 0.6 is 7.14 Å². The van der Waals surface area contributed by atoms with E-state index in [0.717, 1.165) is 0 Å². The summed E-state index contributed by atoms with van der Waals surface area (Å²) >= 11 is 0. The lowest BCUT2D eigenvalue weighted by Gasteiger charge is -2.16. The first-order valence-electron chi connectivity index (χ1n) is 5.91. The molecule has 0 saturated carbocycles. The number of alkyl halides is 3. The van der Waals surface area contributed by atoms with Crippen LogP contribution < -0.4 is 10.6 Å². The van der Waals surface area contributed by atoms with E-state index in [1.165, 1.54) is 0 Å². The summed E-state index contributed by atoms with van der Waals surface area (Å²) in [6.07, 6.45) is -1.82. The Morgan fingerprint density at radius 1 is 1.24 bits per heavy atom. The van der Waals surface area contributed by atoms with Gasteiger partial charge in [0.15, 0.2) is 6.33 Å². The van der Waals surface area contributed by atoms with Crippen molar-refractivity contribution < 1.29 is 17.7 Å². The highest BCUT2D eigenvalue weighted by Crippen LogP contribution is 2.39. The van der Waals surface area contributed by atoms with Crippen molar-refractivity contribution in [2.75, 3.05) is 18.6 Å². The molecule has 21 heavy (non-hydrogen) atoms. The van der Waals surface area contributed by atoms with Crippen LogP contribution in [-0.4, -0.2) is 23.3 Å². The van der Waals surface area contributed by atoms with Gasteiger partial charge < -0.3 is 9.88 Å². The molecule has 0 bridgehead atoms. The summed E-state index contributed by atoms with van der Waals surface area (Å²) in [6, 6.07) is 6.48. The molecule has 1 heterocycles. The highest BCUT2D eigenvalue weighted by Gasteiger charge is 2.35. The molecule has 0 unspecified atom stereocenters. The Morgan fingerprint density at radius 2 is 1.90 bits per heavy atom. The molecule has 0 amide bonds. The summed E-state index contributed by atoms with van der Waals surface area (Å²) in [6.45, 7) is 3.09. The number of nitrogens with one attached hydrogen (secondary N) is 1. The van der Waals surface area contributed by atoms with Gasteiger partial charge in [0.2, 0.25) is 0 Å². The van der Waals surface area contributed by atoms with Gasteiger partial charge in [0.05, 0.1) is 5.69 Å². The molecule has 2 aromatic rings. The lowest BCUT2D eigenvalue weighted by Crippen LogP contribution is -2.14. The normalized spacial score (nSPS) is 12.2. The van der Waals surface area contributed by atoms with Gasteiger partial charge >= 0.3 is 6.18 Å². The Kier molecular flexibility index (Phi) is 4.05. The van der Waals surface area contributed by atoms with E-state index in [2.05, 4.69) is 21.6 Å². The third-order valence-corrected chi connectivity index (χ3v) is 4.26. The highest BCUT2D eigenvalue weighted by molar-refractivity contribution is 7.70. The minimum atomic E-state index is -4.59. The monoisotopic (exact) mass is 314 g/mol.